The number of hydrogen-bond acceptors (Lipinski definition) is 5. The van der Waals surface area contributed by atoms with Gasteiger partial charge in [0.25, 0.3) is 0 Å². The molecule has 0 aromatic carbocycles. The Labute approximate surface area is 120 Å². The SMILES string of the molecule is CCOC(=O)C1CCN(CCC(=O)OC2CCC2)CC1. The van der Waals surface area contributed by atoms with Crippen LogP contribution in [-0.2, 0) is 19.1 Å². The van der Waals surface area contributed by atoms with Gasteiger partial charge in [0, 0.05) is 6.54 Å². The van der Waals surface area contributed by atoms with E-state index in [-0.39, 0.29) is 24.0 Å². The highest BCUT2D eigenvalue weighted by molar-refractivity contribution is 5.72. The predicted octanol–water partition coefficient (Wildman–Crippen LogP) is 1.75. The smallest absolute Gasteiger partial charge is 0.309 e. The van der Waals surface area contributed by atoms with E-state index in [9.17, 15) is 9.59 Å². The van der Waals surface area contributed by atoms with Crippen LogP contribution in [-0.4, -0.2) is 49.2 Å². The molecule has 114 valence electrons. The molecule has 1 saturated carbocycles. The zero-order chi connectivity index (χ0) is 14.4. The predicted molar refractivity (Wildman–Crippen MR) is 74.1 cm³/mol. The summed E-state index contributed by atoms with van der Waals surface area (Å²) < 4.78 is 10.4. The summed E-state index contributed by atoms with van der Waals surface area (Å²) in [5.41, 5.74) is 0. The molecular formula is C15H25NO4. The van der Waals surface area contributed by atoms with Gasteiger partial charge < -0.3 is 14.4 Å². The fraction of sp³-hybridized carbons (Fsp3) is 0.867. The number of ether oxygens (including phenoxy) is 2. The molecule has 5 heteroatoms. The number of esters is 2. The molecule has 2 fully saturated rings. The summed E-state index contributed by atoms with van der Waals surface area (Å²) in [6.07, 6.45) is 5.53. The van der Waals surface area contributed by atoms with Crippen molar-refractivity contribution >= 4 is 11.9 Å². The minimum Gasteiger partial charge on any atom is -0.466 e. The van der Waals surface area contributed by atoms with Crippen molar-refractivity contribution in [2.24, 2.45) is 5.92 Å². The standard InChI is InChI=1S/C15H25NO4/c1-2-19-15(18)12-6-9-16(10-7-12)11-8-14(17)20-13-4-3-5-13/h12-13H,2-11H2,1H3. The van der Waals surface area contributed by atoms with Crippen molar-refractivity contribution in [1.29, 1.82) is 0 Å². The van der Waals surface area contributed by atoms with Crippen LogP contribution in [0.4, 0.5) is 0 Å². The van der Waals surface area contributed by atoms with Crippen molar-refractivity contribution in [3.05, 3.63) is 0 Å². The molecule has 0 aromatic heterocycles. The van der Waals surface area contributed by atoms with Gasteiger partial charge in [-0.3, -0.25) is 9.59 Å². The van der Waals surface area contributed by atoms with Gasteiger partial charge in [-0.1, -0.05) is 0 Å². The molecule has 2 aliphatic rings. The van der Waals surface area contributed by atoms with Crippen molar-refractivity contribution in [3.8, 4) is 0 Å². The first-order chi connectivity index (χ1) is 9.69. The van der Waals surface area contributed by atoms with Crippen molar-refractivity contribution in [3.63, 3.8) is 0 Å². The lowest BCUT2D eigenvalue weighted by molar-refractivity contribution is -0.154. The van der Waals surface area contributed by atoms with Crippen molar-refractivity contribution in [1.82, 2.24) is 4.90 Å². The van der Waals surface area contributed by atoms with Crippen LogP contribution in [0.1, 0.15) is 45.4 Å². The van der Waals surface area contributed by atoms with Crippen LogP contribution in [0.2, 0.25) is 0 Å². The van der Waals surface area contributed by atoms with Gasteiger partial charge in [-0.25, -0.2) is 0 Å². The highest BCUT2D eigenvalue weighted by Crippen LogP contribution is 2.23. The molecule has 0 spiro atoms. The Hall–Kier alpha value is -1.10. The molecule has 0 aromatic rings. The fourth-order valence-corrected chi connectivity index (χ4v) is 2.64. The van der Waals surface area contributed by atoms with Gasteiger partial charge in [-0.05, 0) is 52.1 Å². The third-order valence-corrected chi connectivity index (χ3v) is 4.19. The lowest BCUT2D eigenvalue weighted by Crippen LogP contribution is -2.38. The van der Waals surface area contributed by atoms with Gasteiger partial charge in [0.05, 0.1) is 18.9 Å². The minimum absolute atomic E-state index is 0.0353. The van der Waals surface area contributed by atoms with Gasteiger partial charge in [0.2, 0.25) is 0 Å². The monoisotopic (exact) mass is 283 g/mol. The number of nitrogens with zero attached hydrogens (tertiary/aromatic N) is 1. The van der Waals surface area contributed by atoms with Crippen molar-refractivity contribution in [2.45, 2.75) is 51.6 Å². The first-order valence-corrected chi connectivity index (χ1v) is 7.77. The van der Waals surface area contributed by atoms with E-state index in [0.29, 0.717) is 13.0 Å². The molecule has 2 rings (SSSR count). The van der Waals surface area contributed by atoms with Crippen LogP contribution < -0.4 is 0 Å². The van der Waals surface area contributed by atoms with Crippen LogP contribution >= 0.6 is 0 Å². The summed E-state index contributed by atoms with van der Waals surface area (Å²) in [4.78, 5) is 25.5. The van der Waals surface area contributed by atoms with E-state index in [1.165, 1.54) is 6.42 Å². The number of carbonyl (C=O) groups is 2. The van der Waals surface area contributed by atoms with E-state index in [1.807, 2.05) is 6.92 Å². The van der Waals surface area contributed by atoms with E-state index in [4.69, 9.17) is 9.47 Å². The number of likely N-dealkylation sites (tertiary alicyclic amines) is 1. The molecule has 1 aliphatic carbocycles. The normalized spacial score (nSPS) is 21.2. The second kappa shape index (κ2) is 7.62. The molecule has 0 unspecified atom stereocenters. The first kappa shape index (κ1) is 15.3. The average Bonchev–Trinajstić information content (AvgIpc) is 2.41. The average molecular weight is 283 g/mol. The third-order valence-electron chi connectivity index (χ3n) is 4.19. The van der Waals surface area contributed by atoms with Crippen LogP contribution in [0.15, 0.2) is 0 Å². The summed E-state index contributed by atoms with van der Waals surface area (Å²) in [7, 11) is 0. The second-order valence-corrected chi connectivity index (χ2v) is 5.66. The molecule has 0 radical (unpaired) electrons. The number of hydrogen-bond donors (Lipinski definition) is 0. The Bertz CT molecular complexity index is 333. The number of carbonyl (C=O) groups excluding carboxylic acids is 2. The molecule has 1 saturated heterocycles. The zero-order valence-corrected chi connectivity index (χ0v) is 12.3. The highest BCUT2D eigenvalue weighted by Gasteiger charge is 2.26. The molecule has 1 heterocycles. The maximum absolute atomic E-state index is 11.6. The van der Waals surface area contributed by atoms with Crippen LogP contribution in [0, 0.1) is 5.92 Å². The van der Waals surface area contributed by atoms with Crippen molar-refractivity contribution < 1.29 is 19.1 Å². The Morgan fingerprint density at radius 3 is 2.40 bits per heavy atom. The van der Waals surface area contributed by atoms with E-state index >= 15 is 0 Å². The molecule has 0 bridgehead atoms. The van der Waals surface area contributed by atoms with Crippen LogP contribution in [0.5, 0.6) is 0 Å². The molecule has 1 aliphatic heterocycles. The summed E-state index contributed by atoms with van der Waals surface area (Å²) in [5, 5.41) is 0. The molecular weight excluding hydrogens is 258 g/mol. The van der Waals surface area contributed by atoms with Crippen molar-refractivity contribution in [2.75, 3.05) is 26.2 Å². The molecule has 5 nitrogen and oxygen atoms in total. The lowest BCUT2D eigenvalue weighted by Gasteiger charge is -2.31. The van der Waals surface area contributed by atoms with Crippen LogP contribution in [0.25, 0.3) is 0 Å². The second-order valence-electron chi connectivity index (χ2n) is 5.66. The van der Waals surface area contributed by atoms with Crippen LogP contribution in [0.3, 0.4) is 0 Å². The third kappa shape index (κ3) is 4.47. The highest BCUT2D eigenvalue weighted by atomic mass is 16.5. The quantitative estimate of drug-likeness (QED) is 0.695. The van der Waals surface area contributed by atoms with E-state index < -0.39 is 0 Å². The van der Waals surface area contributed by atoms with Gasteiger partial charge >= 0.3 is 11.9 Å². The minimum atomic E-state index is -0.0813. The Kier molecular flexibility index (Phi) is 5.83. The first-order valence-electron chi connectivity index (χ1n) is 7.77. The van der Waals surface area contributed by atoms with Gasteiger partial charge in [-0.2, -0.15) is 0 Å². The van der Waals surface area contributed by atoms with Gasteiger partial charge in [0.15, 0.2) is 0 Å². The lowest BCUT2D eigenvalue weighted by atomic mass is 9.96. The maximum Gasteiger partial charge on any atom is 0.309 e. The van der Waals surface area contributed by atoms with E-state index in [0.717, 1.165) is 45.3 Å². The number of piperidine rings is 1. The summed E-state index contributed by atoms with van der Waals surface area (Å²) >= 11 is 0. The molecule has 20 heavy (non-hydrogen) atoms. The van der Waals surface area contributed by atoms with E-state index in [2.05, 4.69) is 4.90 Å². The fourth-order valence-electron chi connectivity index (χ4n) is 2.64. The summed E-state index contributed by atoms with van der Waals surface area (Å²) in [5.74, 6) is -0.119. The summed E-state index contributed by atoms with van der Waals surface area (Å²) in [6.45, 7) is 4.74. The van der Waals surface area contributed by atoms with Gasteiger partial charge in [-0.15, -0.1) is 0 Å². The zero-order valence-electron chi connectivity index (χ0n) is 12.3. The maximum atomic E-state index is 11.6. The Balaban J connectivity index is 1.59. The Morgan fingerprint density at radius 1 is 1.15 bits per heavy atom. The largest absolute Gasteiger partial charge is 0.466 e. The van der Waals surface area contributed by atoms with Gasteiger partial charge in [0.1, 0.15) is 6.10 Å². The summed E-state index contributed by atoms with van der Waals surface area (Å²) in [6, 6.07) is 0. The molecule has 0 amide bonds. The topological polar surface area (TPSA) is 55.8 Å². The Morgan fingerprint density at radius 2 is 1.85 bits per heavy atom. The molecule has 0 atom stereocenters. The van der Waals surface area contributed by atoms with E-state index in [1.54, 1.807) is 0 Å². The molecule has 0 N–H and O–H groups in total. The number of rotatable bonds is 6.